The van der Waals surface area contributed by atoms with Crippen LogP contribution >= 0.6 is 11.3 Å². The molecule has 3 aromatic carbocycles. The molecule has 0 aliphatic heterocycles. The third-order valence-corrected chi connectivity index (χ3v) is 12.1. The van der Waals surface area contributed by atoms with Gasteiger partial charge in [-0.1, -0.05) is 104 Å². The molecule has 0 unspecified atom stereocenters. The first-order valence-electron chi connectivity index (χ1n) is 18.0. The van der Waals surface area contributed by atoms with Crippen LogP contribution < -0.4 is 0 Å². The number of benzene rings is 3. The fourth-order valence-electron chi connectivity index (χ4n) is 6.35. The van der Waals surface area contributed by atoms with Gasteiger partial charge in [-0.05, 0) is 72.6 Å². The average molecular weight is 879 g/mol. The molecule has 6 aromatic rings. The van der Waals surface area contributed by atoms with Crippen LogP contribution in [0.4, 0.5) is 0 Å². The summed E-state index contributed by atoms with van der Waals surface area (Å²) in [6, 6.07) is 24.9. The number of fused-ring (bicyclic) bond motifs is 3. The van der Waals surface area contributed by atoms with E-state index in [0.717, 1.165) is 64.6 Å². The number of thiophene rings is 1. The molecular formula is C45H52IrNO3S-. The Morgan fingerprint density at radius 2 is 1.51 bits per heavy atom. The Morgan fingerprint density at radius 3 is 2.16 bits per heavy atom. The quantitative estimate of drug-likeness (QED) is 0.0893. The zero-order chi connectivity index (χ0) is 36.4. The van der Waals surface area contributed by atoms with Gasteiger partial charge >= 0.3 is 0 Å². The molecule has 6 heteroatoms. The van der Waals surface area contributed by atoms with Crippen molar-refractivity contribution in [2.24, 2.45) is 10.8 Å². The van der Waals surface area contributed by atoms with Crippen LogP contribution in [-0.4, -0.2) is 15.9 Å². The van der Waals surface area contributed by atoms with Crippen molar-refractivity contribution >= 4 is 48.9 Å². The fraction of sp³-hybridized carbons (Fsp3) is 0.378. The summed E-state index contributed by atoms with van der Waals surface area (Å²) in [5.74, 6) is 1.16. The first kappa shape index (κ1) is 40.2. The Kier molecular flexibility index (Phi) is 12.6. The monoisotopic (exact) mass is 879 g/mol. The standard InChI is InChI=1S/C30H24NOS.C15H28O2.Ir/c1-18-17-33-29-21(18)10-7-11-23(29)27-16-24-26(32-27)12-13-31-28(24)20-14-19-8-5-6-9-22(19)25(15-20)30(2,3)4;1-7-14(5,8-2)12(16)11-13(17)15(6,9-3)10-4;/h5-13,15-17H,1-4H3;11,16H,7-10H2,1-6H3;/q-1;;/b;12-11-;. The Balaban J connectivity index is 0.000000279. The number of rotatable bonds is 9. The Hall–Kier alpha value is -3.57. The summed E-state index contributed by atoms with van der Waals surface area (Å²) in [6.45, 7) is 21.0. The number of ketones is 1. The summed E-state index contributed by atoms with van der Waals surface area (Å²) in [5.41, 5.74) is 5.89. The largest absolute Gasteiger partial charge is 0.512 e. The van der Waals surface area contributed by atoms with Gasteiger partial charge in [0.1, 0.15) is 17.1 Å². The summed E-state index contributed by atoms with van der Waals surface area (Å²) in [7, 11) is 0. The minimum absolute atomic E-state index is 0. The average Bonchev–Trinajstić information content (AvgIpc) is 3.73. The van der Waals surface area contributed by atoms with E-state index in [1.165, 1.54) is 32.7 Å². The predicted octanol–water partition coefficient (Wildman–Crippen LogP) is 13.6. The molecule has 1 radical (unpaired) electrons. The van der Waals surface area contributed by atoms with Crippen molar-refractivity contribution in [3.63, 3.8) is 0 Å². The van der Waals surface area contributed by atoms with Crippen LogP contribution in [0, 0.1) is 23.8 Å². The number of nitrogens with zero attached hydrogens (tertiary/aromatic N) is 1. The van der Waals surface area contributed by atoms with Gasteiger partial charge in [-0.3, -0.25) is 9.78 Å². The van der Waals surface area contributed by atoms with Crippen LogP contribution in [0.25, 0.3) is 54.4 Å². The number of hydrogen-bond acceptors (Lipinski definition) is 5. The molecule has 3 aromatic heterocycles. The zero-order valence-corrected chi connectivity index (χ0v) is 35.0. The van der Waals surface area contributed by atoms with E-state index in [1.807, 2.05) is 53.8 Å². The number of aryl methyl sites for hydroxylation is 1. The molecule has 0 fully saturated rings. The van der Waals surface area contributed by atoms with E-state index < -0.39 is 0 Å². The van der Waals surface area contributed by atoms with E-state index in [4.69, 9.17) is 9.40 Å². The van der Waals surface area contributed by atoms with Crippen LogP contribution in [0.1, 0.15) is 99.1 Å². The second-order valence-corrected chi connectivity index (χ2v) is 16.0. The van der Waals surface area contributed by atoms with Gasteiger partial charge in [0.15, 0.2) is 5.78 Å². The SMILES string of the molecule is CCC(C)(CC)C(=O)/C=C(\O)C(C)(CC)CC.Cc1csc2c(-c3cc4c(-c5[c-]c6ccccc6c(C(C)(C)C)c5)nccc4o3)cccc12.[Ir]. The Bertz CT molecular complexity index is 2170. The maximum Gasteiger partial charge on any atom is 0.164 e. The predicted molar refractivity (Wildman–Crippen MR) is 213 cm³/mol. The van der Waals surface area contributed by atoms with E-state index >= 15 is 0 Å². The number of aliphatic hydroxyl groups is 1. The number of carbonyl (C=O) groups excluding carboxylic acids is 1. The molecule has 6 rings (SSSR count). The van der Waals surface area contributed by atoms with Gasteiger partial charge in [-0.25, -0.2) is 0 Å². The molecule has 0 spiro atoms. The fourth-order valence-corrected chi connectivity index (χ4v) is 7.42. The number of pyridine rings is 1. The Labute approximate surface area is 321 Å². The van der Waals surface area contributed by atoms with Crippen molar-refractivity contribution in [2.45, 2.75) is 100 Å². The third kappa shape index (κ3) is 8.09. The van der Waals surface area contributed by atoms with Crippen molar-refractivity contribution < 1.29 is 34.4 Å². The summed E-state index contributed by atoms with van der Waals surface area (Å²) in [5, 5.41) is 17.0. The molecule has 0 saturated heterocycles. The summed E-state index contributed by atoms with van der Waals surface area (Å²) < 4.78 is 7.63. The number of allylic oxidation sites excluding steroid dienone is 2. The second kappa shape index (κ2) is 16.0. The molecule has 271 valence electrons. The summed E-state index contributed by atoms with van der Waals surface area (Å²) in [4.78, 5) is 17.0. The van der Waals surface area contributed by atoms with E-state index in [2.05, 4.69) is 93.7 Å². The first-order chi connectivity index (χ1) is 23.7. The van der Waals surface area contributed by atoms with Crippen molar-refractivity contribution in [1.29, 1.82) is 0 Å². The maximum atomic E-state index is 12.2. The second-order valence-electron chi connectivity index (χ2n) is 15.1. The van der Waals surface area contributed by atoms with Crippen molar-refractivity contribution in [3.05, 3.63) is 101 Å². The molecule has 0 aliphatic rings. The molecule has 3 heterocycles. The minimum atomic E-state index is -0.337. The molecule has 0 bridgehead atoms. The molecule has 51 heavy (non-hydrogen) atoms. The van der Waals surface area contributed by atoms with Gasteiger partial charge in [0, 0.05) is 64.6 Å². The number of hydrogen-bond donors (Lipinski definition) is 1. The molecule has 0 aliphatic carbocycles. The van der Waals surface area contributed by atoms with E-state index in [0.29, 0.717) is 0 Å². The van der Waals surface area contributed by atoms with Gasteiger partial charge < -0.3 is 9.52 Å². The van der Waals surface area contributed by atoms with Crippen LogP contribution in [-0.2, 0) is 30.3 Å². The number of aromatic nitrogens is 1. The first-order valence-corrected chi connectivity index (χ1v) is 18.8. The van der Waals surface area contributed by atoms with Gasteiger partial charge in [0.2, 0.25) is 0 Å². The van der Waals surface area contributed by atoms with Crippen molar-refractivity contribution in [2.75, 3.05) is 0 Å². The maximum absolute atomic E-state index is 12.2. The van der Waals surface area contributed by atoms with Gasteiger partial charge in [0.25, 0.3) is 0 Å². The third-order valence-electron chi connectivity index (χ3n) is 10.9. The molecule has 0 atom stereocenters. The van der Waals surface area contributed by atoms with Crippen LogP contribution in [0.3, 0.4) is 0 Å². The van der Waals surface area contributed by atoms with Crippen LogP contribution in [0.5, 0.6) is 0 Å². The molecule has 1 N–H and O–H groups in total. The van der Waals surface area contributed by atoms with Gasteiger partial charge in [-0.2, -0.15) is 0 Å². The number of aliphatic hydroxyl groups excluding tert-OH is 1. The minimum Gasteiger partial charge on any atom is -0.512 e. The van der Waals surface area contributed by atoms with Crippen molar-refractivity contribution in [3.8, 4) is 22.6 Å². The molecule has 0 saturated carbocycles. The number of furan rings is 1. The van der Waals surface area contributed by atoms with Crippen LogP contribution in [0.2, 0.25) is 0 Å². The number of carbonyl (C=O) groups is 1. The smallest absolute Gasteiger partial charge is 0.164 e. The zero-order valence-electron chi connectivity index (χ0n) is 31.8. The van der Waals surface area contributed by atoms with Gasteiger partial charge in [-0.15, -0.1) is 40.5 Å². The van der Waals surface area contributed by atoms with Gasteiger partial charge in [0.05, 0.1) is 0 Å². The Morgan fingerprint density at radius 1 is 0.863 bits per heavy atom. The summed E-state index contributed by atoms with van der Waals surface area (Å²) >= 11 is 1.77. The van der Waals surface area contributed by atoms with Crippen LogP contribution in [0.15, 0.2) is 88.5 Å². The summed E-state index contributed by atoms with van der Waals surface area (Å²) in [6.07, 6.45) is 6.59. The normalized spacial score (nSPS) is 12.5. The molecular weight excluding hydrogens is 827 g/mol. The van der Waals surface area contributed by atoms with E-state index in [9.17, 15) is 9.90 Å². The molecule has 4 nitrogen and oxygen atoms in total. The van der Waals surface area contributed by atoms with E-state index in [1.54, 1.807) is 11.3 Å². The topological polar surface area (TPSA) is 63.3 Å². The molecule has 0 amide bonds. The van der Waals surface area contributed by atoms with Crippen molar-refractivity contribution in [1.82, 2.24) is 4.98 Å². The van der Waals surface area contributed by atoms with E-state index in [-0.39, 0.29) is 47.9 Å².